The fraction of sp³-hybridized carbons (Fsp3) is 0.846. The lowest BCUT2D eigenvalue weighted by molar-refractivity contribution is 0.148. The van der Waals surface area contributed by atoms with Gasteiger partial charge in [0.2, 0.25) is 0 Å². The van der Waals surface area contributed by atoms with Crippen LogP contribution in [0, 0.1) is 0 Å². The van der Waals surface area contributed by atoms with Gasteiger partial charge in [0.25, 0.3) is 0 Å². The molecule has 1 aliphatic rings. The Balaban J connectivity index is 2.00. The lowest BCUT2D eigenvalue weighted by Gasteiger charge is -2.34. The number of piperidine rings is 1. The third-order valence-corrected chi connectivity index (χ3v) is 3.68. The summed E-state index contributed by atoms with van der Waals surface area (Å²) in [7, 11) is 0. The van der Waals surface area contributed by atoms with E-state index >= 15 is 0 Å². The zero-order chi connectivity index (χ0) is 12.8. The highest BCUT2D eigenvalue weighted by Gasteiger charge is 2.21. The quantitative estimate of drug-likeness (QED) is 0.827. The number of nitrogens with one attached hydrogen (secondary N) is 1. The van der Waals surface area contributed by atoms with E-state index in [0.717, 1.165) is 38.5 Å². The number of aromatic nitrogens is 3. The molecule has 0 saturated carbocycles. The molecule has 1 aliphatic heterocycles. The molecular formula is C13H25N5. The number of rotatable bonds is 6. The Morgan fingerprint density at radius 1 is 1.39 bits per heavy atom. The van der Waals surface area contributed by atoms with E-state index in [-0.39, 0.29) is 0 Å². The SMILES string of the molecule is CCCN(Cc1ncnn1CC)C1CCNCC1. The van der Waals surface area contributed by atoms with E-state index in [1.165, 1.54) is 19.3 Å². The molecule has 0 radical (unpaired) electrons. The summed E-state index contributed by atoms with van der Waals surface area (Å²) < 4.78 is 2.00. The average Bonchev–Trinajstić information content (AvgIpc) is 2.86. The Labute approximate surface area is 110 Å². The highest BCUT2D eigenvalue weighted by Crippen LogP contribution is 2.15. The van der Waals surface area contributed by atoms with Gasteiger partial charge in [-0.3, -0.25) is 4.90 Å². The maximum Gasteiger partial charge on any atom is 0.141 e. The van der Waals surface area contributed by atoms with Crippen LogP contribution in [0.3, 0.4) is 0 Å². The van der Waals surface area contributed by atoms with E-state index in [1.54, 1.807) is 6.33 Å². The summed E-state index contributed by atoms with van der Waals surface area (Å²) in [6, 6.07) is 0.702. The molecule has 1 fully saturated rings. The van der Waals surface area contributed by atoms with Gasteiger partial charge in [0.1, 0.15) is 12.2 Å². The molecule has 0 amide bonds. The van der Waals surface area contributed by atoms with E-state index in [1.807, 2.05) is 4.68 Å². The predicted molar refractivity (Wildman–Crippen MR) is 72.3 cm³/mol. The van der Waals surface area contributed by atoms with E-state index in [2.05, 4.69) is 34.1 Å². The minimum absolute atomic E-state index is 0.702. The van der Waals surface area contributed by atoms with Gasteiger partial charge in [-0.05, 0) is 45.8 Å². The van der Waals surface area contributed by atoms with Crippen LogP contribution in [0.4, 0.5) is 0 Å². The van der Waals surface area contributed by atoms with Crippen molar-refractivity contribution in [2.45, 2.75) is 52.2 Å². The fourth-order valence-corrected chi connectivity index (χ4v) is 2.71. The van der Waals surface area contributed by atoms with Crippen LogP contribution in [0.5, 0.6) is 0 Å². The monoisotopic (exact) mass is 251 g/mol. The van der Waals surface area contributed by atoms with Crippen LogP contribution in [0.1, 0.15) is 38.9 Å². The van der Waals surface area contributed by atoms with Gasteiger partial charge < -0.3 is 5.32 Å². The van der Waals surface area contributed by atoms with Gasteiger partial charge in [-0.1, -0.05) is 6.92 Å². The second-order valence-corrected chi connectivity index (χ2v) is 4.94. The number of hydrogen-bond donors (Lipinski definition) is 1. The molecule has 1 aromatic heterocycles. The largest absolute Gasteiger partial charge is 0.317 e. The van der Waals surface area contributed by atoms with E-state index < -0.39 is 0 Å². The molecule has 1 saturated heterocycles. The maximum absolute atomic E-state index is 4.40. The van der Waals surface area contributed by atoms with Gasteiger partial charge in [0.15, 0.2) is 0 Å². The molecule has 1 N–H and O–H groups in total. The fourth-order valence-electron chi connectivity index (χ4n) is 2.71. The molecule has 0 spiro atoms. The number of aryl methyl sites for hydroxylation is 1. The average molecular weight is 251 g/mol. The van der Waals surface area contributed by atoms with Crippen LogP contribution in [-0.2, 0) is 13.1 Å². The minimum atomic E-state index is 0.702. The topological polar surface area (TPSA) is 46.0 Å². The van der Waals surface area contributed by atoms with E-state index in [9.17, 15) is 0 Å². The normalized spacial score (nSPS) is 17.5. The first-order valence-electron chi connectivity index (χ1n) is 7.16. The van der Waals surface area contributed by atoms with Crippen molar-refractivity contribution >= 4 is 0 Å². The van der Waals surface area contributed by atoms with Gasteiger partial charge in [-0.2, -0.15) is 5.10 Å². The Morgan fingerprint density at radius 3 is 2.83 bits per heavy atom. The van der Waals surface area contributed by atoms with Crippen molar-refractivity contribution in [3.8, 4) is 0 Å². The molecule has 0 bridgehead atoms. The second kappa shape index (κ2) is 6.85. The molecular weight excluding hydrogens is 226 g/mol. The number of hydrogen-bond acceptors (Lipinski definition) is 4. The van der Waals surface area contributed by atoms with Crippen molar-refractivity contribution < 1.29 is 0 Å². The summed E-state index contributed by atoms with van der Waals surface area (Å²) in [4.78, 5) is 6.98. The van der Waals surface area contributed by atoms with E-state index in [0.29, 0.717) is 6.04 Å². The van der Waals surface area contributed by atoms with Crippen LogP contribution in [0.2, 0.25) is 0 Å². The Hall–Kier alpha value is -0.940. The summed E-state index contributed by atoms with van der Waals surface area (Å²) in [5.74, 6) is 1.10. The van der Waals surface area contributed by atoms with Gasteiger partial charge in [0.05, 0.1) is 6.54 Å². The zero-order valence-electron chi connectivity index (χ0n) is 11.6. The first-order valence-corrected chi connectivity index (χ1v) is 7.16. The molecule has 2 rings (SSSR count). The lowest BCUT2D eigenvalue weighted by atomic mass is 10.0. The van der Waals surface area contributed by atoms with Gasteiger partial charge in [-0.25, -0.2) is 9.67 Å². The predicted octanol–water partition coefficient (Wildman–Crippen LogP) is 1.26. The molecule has 2 heterocycles. The highest BCUT2D eigenvalue weighted by molar-refractivity contribution is 4.87. The lowest BCUT2D eigenvalue weighted by Crippen LogP contribution is -2.43. The third kappa shape index (κ3) is 3.29. The van der Waals surface area contributed by atoms with Crippen LogP contribution in [-0.4, -0.2) is 45.3 Å². The Morgan fingerprint density at radius 2 is 2.17 bits per heavy atom. The molecule has 1 aromatic rings. The summed E-state index contributed by atoms with van der Waals surface area (Å²) in [6.07, 6.45) is 5.37. The smallest absolute Gasteiger partial charge is 0.141 e. The Kier molecular flexibility index (Phi) is 5.13. The maximum atomic E-state index is 4.40. The molecule has 5 heteroatoms. The van der Waals surface area contributed by atoms with Crippen LogP contribution >= 0.6 is 0 Å². The molecule has 5 nitrogen and oxygen atoms in total. The molecule has 102 valence electrons. The molecule has 18 heavy (non-hydrogen) atoms. The summed E-state index contributed by atoms with van der Waals surface area (Å²) in [5.41, 5.74) is 0. The summed E-state index contributed by atoms with van der Waals surface area (Å²) >= 11 is 0. The standard InChI is InChI=1S/C13H25N5/c1-3-9-17(12-5-7-14-8-6-12)10-13-15-11-16-18(13)4-2/h11-12,14H,3-10H2,1-2H3. The third-order valence-electron chi connectivity index (χ3n) is 3.68. The van der Waals surface area contributed by atoms with Crippen LogP contribution in [0.15, 0.2) is 6.33 Å². The van der Waals surface area contributed by atoms with Crippen molar-refractivity contribution in [3.05, 3.63) is 12.2 Å². The van der Waals surface area contributed by atoms with Crippen molar-refractivity contribution in [2.24, 2.45) is 0 Å². The van der Waals surface area contributed by atoms with Crippen LogP contribution < -0.4 is 5.32 Å². The highest BCUT2D eigenvalue weighted by atomic mass is 15.3. The van der Waals surface area contributed by atoms with Crippen molar-refractivity contribution in [2.75, 3.05) is 19.6 Å². The summed E-state index contributed by atoms with van der Waals surface area (Å²) in [5, 5.41) is 7.69. The van der Waals surface area contributed by atoms with E-state index in [4.69, 9.17) is 0 Å². The zero-order valence-corrected chi connectivity index (χ0v) is 11.6. The summed E-state index contributed by atoms with van der Waals surface area (Å²) in [6.45, 7) is 9.65. The van der Waals surface area contributed by atoms with Gasteiger partial charge in [-0.15, -0.1) is 0 Å². The molecule has 0 atom stereocenters. The molecule has 0 aromatic carbocycles. The van der Waals surface area contributed by atoms with Crippen molar-refractivity contribution in [3.63, 3.8) is 0 Å². The molecule has 0 unspecified atom stereocenters. The Bertz CT molecular complexity index is 343. The van der Waals surface area contributed by atoms with Gasteiger partial charge >= 0.3 is 0 Å². The van der Waals surface area contributed by atoms with Crippen molar-refractivity contribution in [1.29, 1.82) is 0 Å². The van der Waals surface area contributed by atoms with Gasteiger partial charge in [0, 0.05) is 12.6 Å². The first-order chi connectivity index (χ1) is 8.85. The second-order valence-electron chi connectivity index (χ2n) is 4.94. The first kappa shape index (κ1) is 13.5. The van der Waals surface area contributed by atoms with Crippen molar-refractivity contribution in [1.82, 2.24) is 25.0 Å². The van der Waals surface area contributed by atoms with Crippen LogP contribution in [0.25, 0.3) is 0 Å². The number of nitrogens with zero attached hydrogens (tertiary/aromatic N) is 4. The minimum Gasteiger partial charge on any atom is -0.317 e. The molecule has 0 aliphatic carbocycles.